The molecular formula is C17H25FN2O3. The number of benzene rings is 1. The van der Waals surface area contributed by atoms with Crippen molar-refractivity contribution in [2.45, 2.75) is 0 Å². The Labute approximate surface area is 136 Å². The summed E-state index contributed by atoms with van der Waals surface area (Å²) in [7, 11) is 3.67. The number of hydrogen-bond donors (Lipinski definition) is 1. The second-order valence-electron chi connectivity index (χ2n) is 6.18. The predicted molar refractivity (Wildman–Crippen MR) is 85.7 cm³/mol. The minimum atomic E-state index is -0.412. The van der Waals surface area contributed by atoms with E-state index >= 15 is 0 Å². The molecule has 1 N–H and O–H groups in total. The smallest absolute Gasteiger partial charge is 0.253 e. The first-order valence-electron chi connectivity index (χ1n) is 7.88. The van der Waals surface area contributed by atoms with Crippen LogP contribution in [0.5, 0.6) is 0 Å². The first-order valence-corrected chi connectivity index (χ1v) is 7.88. The SMILES string of the molecule is COCCN(C)C[C@@H]1CN(C(=O)c2cccc(F)c2)C[C@@H]1CO. The summed E-state index contributed by atoms with van der Waals surface area (Å²) < 4.78 is 18.4. The highest BCUT2D eigenvalue weighted by molar-refractivity contribution is 5.94. The molecule has 1 fully saturated rings. The molecular weight excluding hydrogens is 299 g/mol. The van der Waals surface area contributed by atoms with Gasteiger partial charge in [0.25, 0.3) is 5.91 Å². The van der Waals surface area contributed by atoms with Crippen LogP contribution in [0.25, 0.3) is 0 Å². The number of aliphatic hydroxyl groups excluding tert-OH is 1. The van der Waals surface area contributed by atoms with E-state index in [0.29, 0.717) is 25.3 Å². The lowest BCUT2D eigenvalue weighted by molar-refractivity contribution is 0.0778. The van der Waals surface area contributed by atoms with Crippen LogP contribution in [-0.4, -0.2) is 74.4 Å². The van der Waals surface area contributed by atoms with Gasteiger partial charge in [0.05, 0.1) is 6.61 Å². The summed E-state index contributed by atoms with van der Waals surface area (Å²) in [4.78, 5) is 16.4. The zero-order valence-electron chi connectivity index (χ0n) is 13.7. The molecule has 0 saturated carbocycles. The van der Waals surface area contributed by atoms with Crippen LogP contribution in [0.1, 0.15) is 10.4 Å². The molecule has 1 aromatic rings. The molecule has 2 atom stereocenters. The van der Waals surface area contributed by atoms with Crippen molar-refractivity contribution in [1.29, 1.82) is 0 Å². The van der Waals surface area contributed by atoms with Gasteiger partial charge in [0, 0.05) is 51.4 Å². The molecule has 1 amide bonds. The van der Waals surface area contributed by atoms with Gasteiger partial charge in [-0.3, -0.25) is 4.79 Å². The second-order valence-corrected chi connectivity index (χ2v) is 6.18. The molecule has 1 heterocycles. The van der Waals surface area contributed by atoms with E-state index in [9.17, 15) is 14.3 Å². The molecule has 23 heavy (non-hydrogen) atoms. The average molecular weight is 324 g/mol. The summed E-state index contributed by atoms with van der Waals surface area (Å²) in [6, 6.07) is 5.74. The van der Waals surface area contributed by atoms with E-state index in [-0.39, 0.29) is 24.3 Å². The number of halogens is 1. The molecule has 128 valence electrons. The maximum absolute atomic E-state index is 13.3. The lowest BCUT2D eigenvalue weighted by Gasteiger charge is -2.23. The fraction of sp³-hybridized carbons (Fsp3) is 0.588. The Kier molecular flexibility index (Phi) is 6.50. The molecule has 1 aliphatic rings. The molecule has 0 aliphatic carbocycles. The monoisotopic (exact) mass is 324 g/mol. The van der Waals surface area contributed by atoms with Gasteiger partial charge >= 0.3 is 0 Å². The van der Waals surface area contributed by atoms with Gasteiger partial charge in [-0.05, 0) is 31.2 Å². The summed E-state index contributed by atoms with van der Waals surface area (Å²) >= 11 is 0. The summed E-state index contributed by atoms with van der Waals surface area (Å²) in [5, 5.41) is 9.60. The number of aliphatic hydroxyl groups is 1. The lowest BCUT2D eigenvalue weighted by atomic mass is 9.96. The minimum absolute atomic E-state index is 0.0513. The highest BCUT2D eigenvalue weighted by Crippen LogP contribution is 2.25. The molecule has 0 bridgehead atoms. The van der Waals surface area contributed by atoms with Crippen LogP contribution in [-0.2, 0) is 4.74 Å². The molecule has 6 heteroatoms. The average Bonchev–Trinajstić information content (AvgIpc) is 2.95. The van der Waals surface area contributed by atoms with E-state index in [2.05, 4.69) is 4.90 Å². The Morgan fingerprint density at radius 3 is 2.83 bits per heavy atom. The van der Waals surface area contributed by atoms with Crippen molar-refractivity contribution in [1.82, 2.24) is 9.80 Å². The predicted octanol–water partition coefficient (Wildman–Crippen LogP) is 1.08. The number of methoxy groups -OCH3 is 1. The van der Waals surface area contributed by atoms with Crippen molar-refractivity contribution >= 4 is 5.91 Å². The standard InChI is InChI=1S/C17H25FN2O3/c1-19(6-7-23-2)9-14-10-20(11-15(14)12-21)17(22)13-4-3-5-16(18)8-13/h3-5,8,14-15,21H,6-7,9-12H2,1-2H3/t14-,15-/m1/s1. The van der Waals surface area contributed by atoms with Gasteiger partial charge in [0.1, 0.15) is 5.82 Å². The van der Waals surface area contributed by atoms with E-state index in [1.807, 2.05) is 7.05 Å². The van der Waals surface area contributed by atoms with Crippen LogP contribution in [0.2, 0.25) is 0 Å². The number of likely N-dealkylation sites (tertiary alicyclic amines) is 1. The number of likely N-dealkylation sites (N-methyl/N-ethyl adjacent to an activating group) is 1. The molecule has 0 unspecified atom stereocenters. The second kappa shape index (κ2) is 8.38. The molecule has 1 aliphatic heterocycles. The van der Waals surface area contributed by atoms with Gasteiger partial charge < -0.3 is 19.6 Å². The van der Waals surface area contributed by atoms with Crippen LogP contribution in [0.3, 0.4) is 0 Å². The molecule has 5 nitrogen and oxygen atoms in total. The third-order valence-electron chi connectivity index (χ3n) is 4.39. The number of ether oxygens (including phenoxy) is 1. The zero-order valence-corrected chi connectivity index (χ0v) is 13.7. The number of carbonyl (C=O) groups is 1. The van der Waals surface area contributed by atoms with Crippen molar-refractivity contribution in [2.75, 3.05) is 53.6 Å². The Hall–Kier alpha value is -1.50. The van der Waals surface area contributed by atoms with Gasteiger partial charge in [-0.1, -0.05) is 6.07 Å². The topological polar surface area (TPSA) is 53.0 Å². The summed E-state index contributed by atoms with van der Waals surface area (Å²) in [6.45, 7) is 3.39. The van der Waals surface area contributed by atoms with Gasteiger partial charge in [-0.2, -0.15) is 0 Å². The van der Waals surface area contributed by atoms with Crippen molar-refractivity contribution in [3.05, 3.63) is 35.6 Å². The zero-order chi connectivity index (χ0) is 16.8. The van der Waals surface area contributed by atoms with E-state index in [4.69, 9.17) is 4.74 Å². The number of rotatable bonds is 7. The van der Waals surface area contributed by atoms with Gasteiger partial charge in [0.15, 0.2) is 0 Å². The van der Waals surface area contributed by atoms with Crippen LogP contribution in [0, 0.1) is 17.7 Å². The highest BCUT2D eigenvalue weighted by atomic mass is 19.1. The van der Waals surface area contributed by atoms with Crippen molar-refractivity contribution in [3.63, 3.8) is 0 Å². The Morgan fingerprint density at radius 1 is 1.43 bits per heavy atom. The molecule has 0 radical (unpaired) electrons. The van der Waals surface area contributed by atoms with E-state index in [1.165, 1.54) is 18.2 Å². The van der Waals surface area contributed by atoms with Crippen molar-refractivity contribution < 1.29 is 19.0 Å². The number of amides is 1. The van der Waals surface area contributed by atoms with Crippen LogP contribution < -0.4 is 0 Å². The van der Waals surface area contributed by atoms with E-state index < -0.39 is 5.82 Å². The fourth-order valence-electron chi connectivity index (χ4n) is 3.06. The third kappa shape index (κ3) is 4.73. The minimum Gasteiger partial charge on any atom is -0.396 e. The highest BCUT2D eigenvalue weighted by Gasteiger charge is 2.35. The van der Waals surface area contributed by atoms with Gasteiger partial charge in [-0.15, -0.1) is 0 Å². The molecule has 0 aromatic heterocycles. The number of hydrogen-bond acceptors (Lipinski definition) is 4. The Morgan fingerprint density at radius 2 is 2.17 bits per heavy atom. The Bertz CT molecular complexity index is 526. The largest absolute Gasteiger partial charge is 0.396 e. The quantitative estimate of drug-likeness (QED) is 0.816. The summed E-state index contributed by atoms with van der Waals surface area (Å²) in [5.41, 5.74) is 0.357. The molecule has 0 spiro atoms. The Balaban J connectivity index is 1.99. The van der Waals surface area contributed by atoms with Crippen molar-refractivity contribution in [2.24, 2.45) is 11.8 Å². The maximum atomic E-state index is 13.3. The normalized spacial score (nSPS) is 21.2. The van der Waals surface area contributed by atoms with Crippen LogP contribution in [0.4, 0.5) is 4.39 Å². The number of carbonyl (C=O) groups excluding carboxylic acids is 1. The number of nitrogens with zero attached hydrogens (tertiary/aromatic N) is 2. The molecule has 2 rings (SSSR count). The van der Waals surface area contributed by atoms with Gasteiger partial charge in [-0.25, -0.2) is 4.39 Å². The first-order chi connectivity index (χ1) is 11.0. The molecule has 1 aromatic carbocycles. The summed E-state index contributed by atoms with van der Waals surface area (Å²) in [6.07, 6.45) is 0. The van der Waals surface area contributed by atoms with Crippen molar-refractivity contribution in [3.8, 4) is 0 Å². The van der Waals surface area contributed by atoms with E-state index in [0.717, 1.165) is 13.1 Å². The first kappa shape index (κ1) is 17.8. The third-order valence-corrected chi connectivity index (χ3v) is 4.39. The fourth-order valence-corrected chi connectivity index (χ4v) is 3.06. The lowest BCUT2D eigenvalue weighted by Crippen LogP contribution is -2.33. The molecule has 1 saturated heterocycles. The van der Waals surface area contributed by atoms with E-state index in [1.54, 1.807) is 18.1 Å². The maximum Gasteiger partial charge on any atom is 0.253 e. The summed E-state index contributed by atoms with van der Waals surface area (Å²) in [5.74, 6) is -0.327. The van der Waals surface area contributed by atoms with Gasteiger partial charge in [0.2, 0.25) is 0 Å². The van der Waals surface area contributed by atoms with Crippen LogP contribution >= 0.6 is 0 Å². The van der Waals surface area contributed by atoms with Crippen LogP contribution in [0.15, 0.2) is 24.3 Å².